The SMILES string of the molecule is O=C(Nc1ccccc1N1CCCC1=O)C1COc2ccc(Cl)cc2C1. The maximum Gasteiger partial charge on any atom is 0.231 e. The minimum atomic E-state index is -0.302. The molecule has 0 aromatic heterocycles. The van der Waals surface area contributed by atoms with Crippen LogP contribution in [0.2, 0.25) is 5.02 Å². The molecule has 0 aliphatic carbocycles. The van der Waals surface area contributed by atoms with Crippen LogP contribution in [-0.4, -0.2) is 25.0 Å². The number of hydrogen-bond acceptors (Lipinski definition) is 3. The third-order valence-electron chi connectivity index (χ3n) is 4.83. The standard InChI is InChI=1S/C20H19ClN2O3/c21-15-7-8-18-13(11-15)10-14(12-26-18)20(25)22-16-4-1-2-5-17(16)23-9-3-6-19(23)24/h1-2,4-5,7-8,11,14H,3,6,9-10,12H2,(H,22,25). The summed E-state index contributed by atoms with van der Waals surface area (Å²) < 4.78 is 5.71. The number of rotatable bonds is 3. The van der Waals surface area contributed by atoms with Crippen LogP contribution >= 0.6 is 11.6 Å². The number of carbonyl (C=O) groups is 2. The third kappa shape index (κ3) is 3.27. The van der Waals surface area contributed by atoms with Crippen LogP contribution in [0, 0.1) is 5.92 Å². The zero-order valence-electron chi connectivity index (χ0n) is 14.2. The number of nitrogens with one attached hydrogen (secondary N) is 1. The van der Waals surface area contributed by atoms with E-state index in [4.69, 9.17) is 16.3 Å². The van der Waals surface area contributed by atoms with Gasteiger partial charge in [-0.1, -0.05) is 23.7 Å². The molecule has 4 rings (SSSR count). The van der Waals surface area contributed by atoms with E-state index in [9.17, 15) is 9.59 Å². The summed E-state index contributed by atoms with van der Waals surface area (Å²) in [5.74, 6) is 0.454. The summed E-state index contributed by atoms with van der Waals surface area (Å²) in [7, 11) is 0. The summed E-state index contributed by atoms with van der Waals surface area (Å²) in [5, 5.41) is 3.61. The molecule has 6 heteroatoms. The minimum Gasteiger partial charge on any atom is -0.492 e. The second kappa shape index (κ2) is 7.00. The summed E-state index contributed by atoms with van der Waals surface area (Å²) in [6, 6.07) is 12.9. The molecule has 1 unspecified atom stereocenters. The fraction of sp³-hybridized carbons (Fsp3) is 0.300. The molecule has 0 bridgehead atoms. The lowest BCUT2D eigenvalue weighted by atomic mass is 9.96. The molecular weight excluding hydrogens is 352 g/mol. The number of nitrogens with zero attached hydrogens (tertiary/aromatic N) is 1. The Hall–Kier alpha value is -2.53. The summed E-state index contributed by atoms with van der Waals surface area (Å²) in [5.41, 5.74) is 2.35. The molecule has 1 saturated heterocycles. The van der Waals surface area contributed by atoms with Crippen LogP contribution in [0.3, 0.4) is 0 Å². The van der Waals surface area contributed by atoms with Crippen molar-refractivity contribution in [3.05, 3.63) is 53.1 Å². The van der Waals surface area contributed by atoms with Crippen molar-refractivity contribution in [3.63, 3.8) is 0 Å². The van der Waals surface area contributed by atoms with Gasteiger partial charge in [0.05, 0.1) is 17.3 Å². The lowest BCUT2D eigenvalue weighted by Crippen LogP contribution is -2.33. The topological polar surface area (TPSA) is 58.6 Å². The zero-order chi connectivity index (χ0) is 18.1. The van der Waals surface area contributed by atoms with Crippen LogP contribution in [0.5, 0.6) is 5.75 Å². The van der Waals surface area contributed by atoms with Crippen molar-refractivity contribution in [2.24, 2.45) is 5.92 Å². The van der Waals surface area contributed by atoms with E-state index in [1.807, 2.05) is 36.4 Å². The van der Waals surface area contributed by atoms with Gasteiger partial charge in [-0.15, -0.1) is 0 Å². The van der Waals surface area contributed by atoms with E-state index in [1.165, 1.54) is 0 Å². The van der Waals surface area contributed by atoms with E-state index in [0.29, 0.717) is 36.7 Å². The zero-order valence-corrected chi connectivity index (χ0v) is 15.0. The first-order valence-corrected chi connectivity index (χ1v) is 9.11. The third-order valence-corrected chi connectivity index (χ3v) is 5.06. The van der Waals surface area contributed by atoms with E-state index in [2.05, 4.69) is 5.32 Å². The highest BCUT2D eigenvalue weighted by molar-refractivity contribution is 6.30. The Bertz CT molecular complexity index is 868. The molecule has 2 aliphatic rings. The fourth-order valence-corrected chi connectivity index (χ4v) is 3.68. The lowest BCUT2D eigenvalue weighted by molar-refractivity contribution is -0.121. The van der Waals surface area contributed by atoms with Crippen molar-refractivity contribution in [2.75, 3.05) is 23.4 Å². The predicted molar refractivity (Wildman–Crippen MR) is 101 cm³/mol. The normalized spacial score (nSPS) is 19.0. The van der Waals surface area contributed by atoms with Crippen molar-refractivity contribution in [2.45, 2.75) is 19.3 Å². The van der Waals surface area contributed by atoms with Gasteiger partial charge in [0.1, 0.15) is 12.4 Å². The highest BCUT2D eigenvalue weighted by Gasteiger charge is 2.28. The van der Waals surface area contributed by atoms with Gasteiger partial charge in [-0.25, -0.2) is 0 Å². The highest BCUT2D eigenvalue weighted by atomic mass is 35.5. The number of anilines is 2. The molecule has 26 heavy (non-hydrogen) atoms. The second-order valence-corrected chi connectivity index (χ2v) is 7.06. The van der Waals surface area contributed by atoms with Gasteiger partial charge in [0.15, 0.2) is 0 Å². The number of para-hydroxylation sites is 2. The Morgan fingerprint density at radius 2 is 2.08 bits per heavy atom. The van der Waals surface area contributed by atoms with Gasteiger partial charge in [-0.2, -0.15) is 0 Å². The van der Waals surface area contributed by atoms with Crippen molar-refractivity contribution < 1.29 is 14.3 Å². The smallest absolute Gasteiger partial charge is 0.231 e. The first kappa shape index (κ1) is 16.9. The van der Waals surface area contributed by atoms with Crippen LogP contribution in [-0.2, 0) is 16.0 Å². The predicted octanol–water partition coefficient (Wildman–Crippen LogP) is 3.66. The first-order chi connectivity index (χ1) is 12.6. The Morgan fingerprint density at radius 1 is 1.23 bits per heavy atom. The Balaban J connectivity index is 1.52. The summed E-state index contributed by atoms with van der Waals surface area (Å²) in [6.45, 7) is 1.01. The Morgan fingerprint density at radius 3 is 2.88 bits per heavy atom. The number of benzene rings is 2. The van der Waals surface area contributed by atoms with Crippen molar-refractivity contribution in [1.82, 2.24) is 0 Å². The maximum absolute atomic E-state index is 12.8. The minimum absolute atomic E-state index is 0.0938. The Kier molecular flexibility index (Phi) is 4.55. The molecule has 0 spiro atoms. The van der Waals surface area contributed by atoms with E-state index < -0.39 is 0 Å². The molecule has 5 nitrogen and oxygen atoms in total. The monoisotopic (exact) mass is 370 g/mol. The molecule has 2 aliphatic heterocycles. The van der Waals surface area contributed by atoms with Crippen LogP contribution in [0.4, 0.5) is 11.4 Å². The van der Waals surface area contributed by atoms with Gasteiger partial charge >= 0.3 is 0 Å². The number of carbonyl (C=O) groups excluding carboxylic acids is 2. The van der Waals surface area contributed by atoms with Crippen LogP contribution in [0.15, 0.2) is 42.5 Å². The maximum atomic E-state index is 12.8. The molecule has 0 saturated carbocycles. The van der Waals surface area contributed by atoms with Crippen molar-refractivity contribution in [1.29, 1.82) is 0 Å². The van der Waals surface area contributed by atoms with Gasteiger partial charge in [0.2, 0.25) is 11.8 Å². The molecule has 1 fully saturated rings. The molecule has 2 aromatic carbocycles. The summed E-state index contributed by atoms with van der Waals surface area (Å²) in [4.78, 5) is 26.6. The van der Waals surface area contributed by atoms with E-state index in [1.54, 1.807) is 11.0 Å². The van der Waals surface area contributed by atoms with Gasteiger partial charge < -0.3 is 15.0 Å². The number of fused-ring (bicyclic) bond motifs is 1. The van der Waals surface area contributed by atoms with Crippen LogP contribution < -0.4 is 15.0 Å². The molecule has 1 atom stereocenters. The van der Waals surface area contributed by atoms with Crippen molar-refractivity contribution >= 4 is 34.8 Å². The number of ether oxygens (including phenoxy) is 1. The number of halogens is 1. The molecular formula is C20H19ClN2O3. The van der Waals surface area contributed by atoms with Crippen molar-refractivity contribution in [3.8, 4) is 5.75 Å². The molecule has 1 N–H and O–H groups in total. The molecule has 0 radical (unpaired) electrons. The largest absolute Gasteiger partial charge is 0.492 e. The highest BCUT2D eigenvalue weighted by Crippen LogP contribution is 2.32. The van der Waals surface area contributed by atoms with Crippen LogP contribution in [0.1, 0.15) is 18.4 Å². The molecule has 134 valence electrons. The average molecular weight is 371 g/mol. The van der Waals surface area contributed by atoms with Gasteiger partial charge in [0.25, 0.3) is 0 Å². The molecule has 2 aromatic rings. The van der Waals surface area contributed by atoms with E-state index >= 15 is 0 Å². The van der Waals surface area contributed by atoms with Gasteiger partial charge in [-0.05, 0) is 48.7 Å². The quantitative estimate of drug-likeness (QED) is 0.897. The number of hydrogen-bond donors (Lipinski definition) is 1. The Labute approximate surface area is 156 Å². The average Bonchev–Trinajstić information content (AvgIpc) is 3.07. The fourth-order valence-electron chi connectivity index (χ4n) is 3.48. The second-order valence-electron chi connectivity index (χ2n) is 6.62. The number of amides is 2. The summed E-state index contributed by atoms with van der Waals surface area (Å²) >= 11 is 6.05. The molecule has 2 heterocycles. The van der Waals surface area contributed by atoms with Crippen LogP contribution in [0.25, 0.3) is 0 Å². The summed E-state index contributed by atoms with van der Waals surface area (Å²) in [6.07, 6.45) is 1.97. The van der Waals surface area contributed by atoms with E-state index in [0.717, 1.165) is 23.4 Å². The first-order valence-electron chi connectivity index (χ1n) is 8.73. The lowest BCUT2D eigenvalue weighted by Gasteiger charge is -2.26. The van der Waals surface area contributed by atoms with Gasteiger partial charge in [-0.3, -0.25) is 9.59 Å². The molecule has 2 amide bonds. The van der Waals surface area contributed by atoms with Gasteiger partial charge in [0, 0.05) is 18.0 Å². The van der Waals surface area contributed by atoms with E-state index in [-0.39, 0.29) is 17.7 Å².